The summed E-state index contributed by atoms with van der Waals surface area (Å²) < 4.78 is 21.8. The lowest BCUT2D eigenvalue weighted by Gasteiger charge is -2.17. The molecule has 1 amide bonds. The van der Waals surface area contributed by atoms with Gasteiger partial charge in [-0.15, -0.1) is 0 Å². The number of carboxylic acid groups (broad SMARTS) is 1. The minimum absolute atomic E-state index is 0.106. The Hall–Kier alpha value is -2.40. The van der Waals surface area contributed by atoms with Crippen LogP contribution in [-0.4, -0.2) is 79.7 Å². The fourth-order valence-electron chi connectivity index (χ4n) is 2.88. The van der Waals surface area contributed by atoms with Crippen LogP contribution in [0.5, 0.6) is 5.75 Å². The van der Waals surface area contributed by atoms with E-state index in [0.717, 1.165) is 5.56 Å². The van der Waals surface area contributed by atoms with Gasteiger partial charge < -0.3 is 39.8 Å². The third kappa shape index (κ3) is 10.5. The number of esters is 1. The summed E-state index contributed by atoms with van der Waals surface area (Å²) in [6.07, 6.45) is -1.23. The number of nitrogens with one attached hydrogen (secondary N) is 2. The summed E-state index contributed by atoms with van der Waals surface area (Å²) in [7, 11) is 0. The van der Waals surface area contributed by atoms with Gasteiger partial charge in [-0.3, -0.25) is 4.79 Å². The normalized spacial score (nSPS) is 18.4. The van der Waals surface area contributed by atoms with Gasteiger partial charge in [0.1, 0.15) is 31.2 Å². The SMILES string of the molecule is CC1(C)OC[C@H](COC(=O)CCc2ccc(OC[C@H](O)CNCCNC(=O)O)cc2)O1. The van der Waals surface area contributed by atoms with E-state index in [-0.39, 0.29) is 44.8 Å². The van der Waals surface area contributed by atoms with Gasteiger partial charge in [0, 0.05) is 26.1 Å². The second kappa shape index (κ2) is 12.5. The first kappa shape index (κ1) is 24.9. The van der Waals surface area contributed by atoms with Gasteiger partial charge in [0.15, 0.2) is 5.79 Å². The van der Waals surface area contributed by atoms with E-state index in [9.17, 15) is 14.7 Å². The predicted octanol–water partition coefficient (Wildman–Crippen LogP) is 0.911. The second-order valence-electron chi connectivity index (χ2n) is 7.68. The highest BCUT2D eigenvalue weighted by Gasteiger charge is 2.33. The summed E-state index contributed by atoms with van der Waals surface area (Å²) >= 11 is 0. The van der Waals surface area contributed by atoms with Crippen LogP contribution in [-0.2, 0) is 25.4 Å². The largest absolute Gasteiger partial charge is 0.491 e. The number of rotatable bonds is 13. The first-order valence-corrected chi connectivity index (χ1v) is 10.3. The highest BCUT2D eigenvalue weighted by molar-refractivity contribution is 5.69. The molecule has 1 aliphatic heterocycles. The van der Waals surface area contributed by atoms with Crippen molar-refractivity contribution in [3.05, 3.63) is 29.8 Å². The molecule has 1 fully saturated rings. The van der Waals surface area contributed by atoms with Gasteiger partial charge in [0.25, 0.3) is 0 Å². The molecule has 1 aromatic carbocycles. The van der Waals surface area contributed by atoms with Crippen LogP contribution >= 0.6 is 0 Å². The molecule has 174 valence electrons. The van der Waals surface area contributed by atoms with Crippen LogP contribution < -0.4 is 15.4 Å². The standard InChI is InChI=1S/C21H32N2O8/c1-21(2)30-14-18(31-21)13-29-19(25)8-5-15-3-6-17(7-4-15)28-12-16(24)11-22-9-10-23-20(26)27/h3-4,6-7,16,18,22-24H,5,8-14H2,1-2H3,(H,26,27)/t16-,18+/m1/s1. The third-order valence-electron chi connectivity index (χ3n) is 4.44. The van der Waals surface area contributed by atoms with Gasteiger partial charge in [-0.25, -0.2) is 4.79 Å². The van der Waals surface area contributed by atoms with Gasteiger partial charge in [-0.2, -0.15) is 0 Å². The van der Waals surface area contributed by atoms with Crippen molar-refractivity contribution < 1.29 is 38.7 Å². The van der Waals surface area contributed by atoms with Gasteiger partial charge in [0.2, 0.25) is 0 Å². The third-order valence-corrected chi connectivity index (χ3v) is 4.44. The average molecular weight is 440 g/mol. The van der Waals surface area contributed by atoms with Crippen LogP contribution in [0.2, 0.25) is 0 Å². The van der Waals surface area contributed by atoms with E-state index < -0.39 is 18.0 Å². The van der Waals surface area contributed by atoms with E-state index in [1.807, 2.05) is 26.0 Å². The van der Waals surface area contributed by atoms with Crippen molar-refractivity contribution in [1.82, 2.24) is 10.6 Å². The number of aryl methyl sites for hydroxylation is 1. The molecule has 0 unspecified atom stereocenters. The van der Waals surface area contributed by atoms with E-state index in [4.69, 9.17) is 24.1 Å². The lowest BCUT2D eigenvalue weighted by Crippen LogP contribution is -2.36. The van der Waals surface area contributed by atoms with Crippen molar-refractivity contribution in [2.45, 2.75) is 44.7 Å². The monoisotopic (exact) mass is 440 g/mol. The molecule has 0 radical (unpaired) electrons. The zero-order chi connectivity index (χ0) is 22.7. The molecule has 0 bridgehead atoms. The van der Waals surface area contributed by atoms with E-state index in [1.165, 1.54) is 0 Å². The first-order chi connectivity index (χ1) is 14.7. The molecule has 10 nitrogen and oxygen atoms in total. The molecule has 31 heavy (non-hydrogen) atoms. The number of aliphatic hydroxyl groups excluding tert-OH is 1. The minimum Gasteiger partial charge on any atom is -0.491 e. The van der Waals surface area contributed by atoms with Crippen molar-refractivity contribution in [2.24, 2.45) is 0 Å². The molecule has 2 atom stereocenters. The van der Waals surface area contributed by atoms with Crippen LogP contribution in [0.3, 0.4) is 0 Å². The van der Waals surface area contributed by atoms with E-state index in [0.29, 0.717) is 25.3 Å². The molecule has 10 heteroatoms. The Morgan fingerprint density at radius 3 is 2.65 bits per heavy atom. The lowest BCUT2D eigenvalue weighted by atomic mass is 10.1. The zero-order valence-electron chi connectivity index (χ0n) is 18.0. The summed E-state index contributed by atoms with van der Waals surface area (Å²) in [6.45, 7) is 5.31. The minimum atomic E-state index is -1.08. The highest BCUT2D eigenvalue weighted by Crippen LogP contribution is 2.22. The molecule has 1 saturated heterocycles. The van der Waals surface area contributed by atoms with Crippen molar-refractivity contribution in [3.63, 3.8) is 0 Å². The highest BCUT2D eigenvalue weighted by atomic mass is 16.7. The second-order valence-corrected chi connectivity index (χ2v) is 7.68. The average Bonchev–Trinajstić information content (AvgIpc) is 3.08. The topological polar surface area (TPSA) is 136 Å². The summed E-state index contributed by atoms with van der Waals surface area (Å²) in [5.74, 6) is -0.311. The van der Waals surface area contributed by atoms with Crippen molar-refractivity contribution in [1.29, 1.82) is 0 Å². The van der Waals surface area contributed by atoms with Gasteiger partial charge in [0.05, 0.1) is 6.61 Å². The van der Waals surface area contributed by atoms with Crippen LogP contribution in [0.15, 0.2) is 24.3 Å². The number of aliphatic hydroxyl groups is 1. The van der Waals surface area contributed by atoms with Gasteiger partial charge in [-0.05, 0) is 38.0 Å². The Labute approximate surface area is 181 Å². The Morgan fingerprint density at radius 2 is 2.00 bits per heavy atom. The smallest absolute Gasteiger partial charge is 0.404 e. The molecule has 4 N–H and O–H groups in total. The van der Waals surface area contributed by atoms with E-state index in [2.05, 4.69) is 10.6 Å². The summed E-state index contributed by atoms with van der Waals surface area (Å²) in [5, 5.41) is 23.5. The molecular weight excluding hydrogens is 408 g/mol. The fourth-order valence-corrected chi connectivity index (χ4v) is 2.88. The van der Waals surface area contributed by atoms with Crippen molar-refractivity contribution >= 4 is 12.1 Å². The molecule has 1 heterocycles. The maximum absolute atomic E-state index is 11.9. The number of hydrogen-bond donors (Lipinski definition) is 4. The summed E-state index contributed by atoms with van der Waals surface area (Å²) in [6, 6.07) is 7.29. The molecular formula is C21H32N2O8. The van der Waals surface area contributed by atoms with Gasteiger partial charge in [-0.1, -0.05) is 12.1 Å². The van der Waals surface area contributed by atoms with Crippen molar-refractivity contribution in [2.75, 3.05) is 39.5 Å². The number of ether oxygens (including phenoxy) is 4. The molecule has 1 aromatic rings. The Morgan fingerprint density at radius 1 is 1.26 bits per heavy atom. The first-order valence-electron chi connectivity index (χ1n) is 10.3. The number of amides is 1. The maximum atomic E-state index is 11.9. The molecule has 0 spiro atoms. The molecule has 0 saturated carbocycles. The van der Waals surface area contributed by atoms with Crippen molar-refractivity contribution in [3.8, 4) is 5.75 Å². The van der Waals surface area contributed by atoms with Gasteiger partial charge >= 0.3 is 12.1 Å². The number of hydrogen-bond acceptors (Lipinski definition) is 8. The quantitative estimate of drug-likeness (QED) is 0.261. The summed E-state index contributed by atoms with van der Waals surface area (Å²) in [5.41, 5.74) is 0.971. The van der Waals surface area contributed by atoms with Crippen LogP contribution in [0.25, 0.3) is 0 Å². The molecule has 1 aliphatic rings. The van der Waals surface area contributed by atoms with E-state index in [1.54, 1.807) is 12.1 Å². The van der Waals surface area contributed by atoms with Crippen LogP contribution in [0, 0.1) is 0 Å². The number of carbonyl (C=O) groups is 2. The molecule has 2 rings (SSSR count). The number of carbonyl (C=O) groups excluding carboxylic acids is 1. The van der Waals surface area contributed by atoms with Crippen LogP contribution in [0.4, 0.5) is 4.79 Å². The Kier molecular flexibility index (Phi) is 9.99. The fraction of sp³-hybridized carbons (Fsp3) is 0.619. The Bertz CT molecular complexity index is 695. The molecule has 0 aromatic heterocycles. The lowest BCUT2D eigenvalue weighted by molar-refractivity contribution is -0.158. The maximum Gasteiger partial charge on any atom is 0.404 e. The number of benzene rings is 1. The summed E-state index contributed by atoms with van der Waals surface area (Å²) in [4.78, 5) is 22.2. The van der Waals surface area contributed by atoms with Crippen LogP contribution in [0.1, 0.15) is 25.8 Å². The van der Waals surface area contributed by atoms with E-state index >= 15 is 0 Å². The predicted molar refractivity (Wildman–Crippen MR) is 111 cm³/mol. The molecule has 0 aliphatic carbocycles. The zero-order valence-corrected chi connectivity index (χ0v) is 18.0. The Balaban J connectivity index is 1.57.